The number of sulfone groups is 1. The second-order valence-corrected chi connectivity index (χ2v) is 7.75. The van der Waals surface area contributed by atoms with Crippen LogP contribution in [0, 0.1) is 11.8 Å². The van der Waals surface area contributed by atoms with Crippen LogP contribution in [-0.4, -0.2) is 27.8 Å². The van der Waals surface area contributed by atoms with Crippen LogP contribution >= 0.6 is 0 Å². The first-order valence-electron chi connectivity index (χ1n) is 6.63. The molecule has 0 aliphatic carbocycles. The Morgan fingerprint density at radius 3 is 2.53 bits per heavy atom. The summed E-state index contributed by atoms with van der Waals surface area (Å²) in [6.07, 6.45) is 2.37. The lowest BCUT2D eigenvalue weighted by molar-refractivity contribution is 0.423. The summed E-state index contributed by atoms with van der Waals surface area (Å²) in [5.74, 6) is 1.36. The molecule has 0 radical (unpaired) electrons. The van der Waals surface area contributed by atoms with E-state index in [4.69, 9.17) is 5.73 Å². The van der Waals surface area contributed by atoms with Gasteiger partial charge in [0.05, 0.1) is 16.3 Å². The number of nitrogen functional groups attached to an aromatic ring is 1. The summed E-state index contributed by atoms with van der Waals surface area (Å²) in [7, 11) is -3.19. The van der Waals surface area contributed by atoms with Crippen LogP contribution in [0.5, 0.6) is 0 Å². The molecule has 1 aromatic rings. The molecular weight excluding hydrogens is 260 g/mol. The van der Waals surface area contributed by atoms with Crippen molar-refractivity contribution in [1.29, 1.82) is 0 Å². The summed E-state index contributed by atoms with van der Waals surface area (Å²) in [5, 5.41) is 0. The van der Waals surface area contributed by atoms with Crippen molar-refractivity contribution in [1.82, 2.24) is 0 Å². The van der Waals surface area contributed by atoms with Gasteiger partial charge in [-0.15, -0.1) is 0 Å². The van der Waals surface area contributed by atoms with Gasteiger partial charge < -0.3 is 10.6 Å². The van der Waals surface area contributed by atoms with Crippen LogP contribution in [0.4, 0.5) is 11.4 Å². The Bertz CT molecular complexity index is 567. The molecule has 1 aromatic carbocycles. The molecule has 19 heavy (non-hydrogen) atoms. The molecule has 4 nitrogen and oxygen atoms in total. The smallest absolute Gasteiger partial charge is 0.175 e. The fraction of sp³-hybridized carbons (Fsp3) is 0.571. The maximum Gasteiger partial charge on any atom is 0.175 e. The van der Waals surface area contributed by atoms with E-state index in [-0.39, 0.29) is 4.90 Å². The molecule has 1 aliphatic rings. The van der Waals surface area contributed by atoms with Gasteiger partial charge in [0.15, 0.2) is 9.84 Å². The fourth-order valence-electron chi connectivity index (χ4n) is 2.60. The highest BCUT2D eigenvalue weighted by atomic mass is 32.2. The molecule has 1 atom stereocenters. The molecule has 1 aliphatic heterocycles. The van der Waals surface area contributed by atoms with Gasteiger partial charge in [0, 0.05) is 19.3 Å². The van der Waals surface area contributed by atoms with Gasteiger partial charge in [-0.1, -0.05) is 13.8 Å². The predicted molar refractivity (Wildman–Crippen MR) is 79.1 cm³/mol. The topological polar surface area (TPSA) is 63.4 Å². The van der Waals surface area contributed by atoms with Gasteiger partial charge in [-0.25, -0.2) is 8.42 Å². The molecule has 2 N–H and O–H groups in total. The van der Waals surface area contributed by atoms with Gasteiger partial charge >= 0.3 is 0 Å². The molecule has 1 unspecified atom stereocenters. The molecule has 106 valence electrons. The van der Waals surface area contributed by atoms with Crippen LogP contribution in [0.25, 0.3) is 0 Å². The molecule has 2 rings (SSSR count). The van der Waals surface area contributed by atoms with E-state index in [0.29, 0.717) is 17.5 Å². The maximum atomic E-state index is 11.5. The Labute approximate surface area is 115 Å². The van der Waals surface area contributed by atoms with E-state index < -0.39 is 9.84 Å². The van der Waals surface area contributed by atoms with Gasteiger partial charge in [0.2, 0.25) is 0 Å². The summed E-state index contributed by atoms with van der Waals surface area (Å²) in [5.41, 5.74) is 7.52. The summed E-state index contributed by atoms with van der Waals surface area (Å²) < 4.78 is 23.0. The minimum Gasteiger partial charge on any atom is -0.397 e. The molecule has 0 amide bonds. The highest BCUT2D eigenvalue weighted by Crippen LogP contribution is 2.32. The molecular formula is C14H22N2O2S. The number of hydrogen-bond acceptors (Lipinski definition) is 4. The zero-order chi connectivity index (χ0) is 14.2. The summed E-state index contributed by atoms with van der Waals surface area (Å²) in [4.78, 5) is 2.54. The second-order valence-electron chi connectivity index (χ2n) is 5.73. The fourth-order valence-corrected chi connectivity index (χ4v) is 3.26. The first kappa shape index (κ1) is 14.2. The third-order valence-corrected chi connectivity index (χ3v) is 5.05. The highest BCUT2D eigenvalue weighted by Gasteiger charge is 2.26. The SMILES string of the molecule is CC(C)C1CCN(c2ccc(S(C)(=O)=O)cc2N)C1. The number of rotatable bonds is 3. The Morgan fingerprint density at radius 2 is 2.05 bits per heavy atom. The number of benzene rings is 1. The molecule has 0 bridgehead atoms. The van der Waals surface area contributed by atoms with Crippen molar-refractivity contribution in [3.8, 4) is 0 Å². The maximum absolute atomic E-state index is 11.5. The van der Waals surface area contributed by atoms with Gasteiger partial charge in [-0.2, -0.15) is 0 Å². The normalized spacial score (nSPS) is 20.2. The van der Waals surface area contributed by atoms with Gasteiger partial charge in [0.25, 0.3) is 0 Å². The summed E-state index contributed by atoms with van der Waals surface area (Å²) >= 11 is 0. The van der Waals surface area contributed by atoms with Crippen molar-refractivity contribution in [3.63, 3.8) is 0 Å². The van der Waals surface area contributed by atoms with Crippen LogP contribution in [-0.2, 0) is 9.84 Å². The Balaban J connectivity index is 2.24. The zero-order valence-corrected chi connectivity index (χ0v) is 12.6. The molecule has 1 fully saturated rings. The number of nitrogens with zero attached hydrogens (tertiary/aromatic N) is 1. The number of hydrogen-bond donors (Lipinski definition) is 1. The minimum atomic E-state index is -3.19. The lowest BCUT2D eigenvalue weighted by atomic mass is 9.95. The van der Waals surface area contributed by atoms with Crippen LogP contribution in [0.2, 0.25) is 0 Å². The Morgan fingerprint density at radius 1 is 1.37 bits per heavy atom. The third kappa shape index (κ3) is 3.03. The van der Waals surface area contributed by atoms with Crippen molar-refractivity contribution < 1.29 is 8.42 Å². The minimum absolute atomic E-state index is 0.286. The first-order chi connectivity index (χ1) is 8.79. The molecule has 5 heteroatoms. The first-order valence-corrected chi connectivity index (χ1v) is 8.52. The van der Waals surface area contributed by atoms with E-state index in [0.717, 1.165) is 18.8 Å². The molecule has 1 saturated heterocycles. The van der Waals surface area contributed by atoms with Crippen molar-refractivity contribution in [2.45, 2.75) is 25.2 Å². The van der Waals surface area contributed by atoms with Crippen molar-refractivity contribution in [3.05, 3.63) is 18.2 Å². The second kappa shape index (κ2) is 5.04. The largest absolute Gasteiger partial charge is 0.397 e. The van der Waals surface area contributed by atoms with Crippen molar-refractivity contribution in [2.24, 2.45) is 11.8 Å². The van der Waals surface area contributed by atoms with E-state index in [2.05, 4.69) is 18.7 Å². The van der Waals surface area contributed by atoms with Gasteiger partial charge in [0.1, 0.15) is 0 Å². The van der Waals surface area contributed by atoms with Crippen LogP contribution in [0.15, 0.2) is 23.1 Å². The van der Waals surface area contributed by atoms with Crippen molar-refractivity contribution >= 4 is 21.2 Å². The lowest BCUT2D eigenvalue weighted by Gasteiger charge is -2.22. The molecule has 0 saturated carbocycles. The third-order valence-electron chi connectivity index (χ3n) is 3.94. The van der Waals surface area contributed by atoms with Gasteiger partial charge in [-0.3, -0.25) is 0 Å². The molecule has 1 heterocycles. The van der Waals surface area contributed by atoms with Crippen LogP contribution < -0.4 is 10.6 Å². The van der Waals surface area contributed by atoms with Gasteiger partial charge in [-0.05, 0) is 36.5 Å². The van der Waals surface area contributed by atoms with E-state index in [1.54, 1.807) is 12.1 Å². The molecule has 0 spiro atoms. The highest BCUT2D eigenvalue weighted by molar-refractivity contribution is 7.90. The monoisotopic (exact) mass is 282 g/mol. The zero-order valence-electron chi connectivity index (χ0n) is 11.8. The van der Waals surface area contributed by atoms with E-state index in [1.807, 2.05) is 6.07 Å². The Kier molecular flexibility index (Phi) is 3.76. The summed E-state index contributed by atoms with van der Waals surface area (Å²) in [6, 6.07) is 5.03. The average Bonchev–Trinajstić information content (AvgIpc) is 2.76. The Hall–Kier alpha value is -1.23. The lowest BCUT2D eigenvalue weighted by Crippen LogP contribution is -2.22. The average molecular weight is 282 g/mol. The standard InChI is InChI=1S/C14H22N2O2S/c1-10(2)11-6-7-16(9-11)14-5-4-12(8-13(14)15)19(3,17)18/h4-5,8,10-11H,6-7,9,15H2,1-3H3. The molecule has 0 aromatic heterocycles. The van der Waals surface area contributed by atoms with E-state index >= 15 is 0 Å². The quantitative estimate of drug-likeness (QED) is 0.863. The van der Waals surface area contributed by atoms with E-state index in [1.165, 1.54) is 12.7 Å². The van der Waals surface area contributed by atoms with Crippen LogP contribution in [0.3, 0.4) is 0 Å². The predicted octanol–water partition coefficient (Wildman–Crippen LogP) is 2.15. The van der Waals surface area contributed by atoms with Crippen LogP contribution in [0.1, 0.15) is 20.3 Å². The number of nitrogens with two attached hydrogens (primary N) is 1. The summed E-state index contributed by atoms with van der Waals surface area (Å²) in [6.45, 7) is 6.47. The van der Waals surface area contributed by atoms with Crippen molar-refractivity contribution in [2.75, 3.05) is 30.0 Å². The van der Waals surface area contributed by atoms with E-state index in [9.17, 15) is 8.42 Å². The number of anilines is 2.